The first-order valence-corrected chi connectivity index (χ1v) is 7.62. The Morgan fingerprint density at radius 3 is 1.71 bits per heavy atom. The van der Waals surface area contributed by atoms with Crippen molar-refractivity contribution in [1.82, 2.24) is 0 Å². The normalized spacial score (nSPS) is 29.3. The van der Waals surface area contributed by atoms with E-state index in [0.717, 1.165) is 20.8 Å². The summed E-state index contributed by atoms with van der Waals surface area (Å²) < 4.78 is 25.8. The van der Waals surface area contributed by atoms with Crippen LogP contribution in [0.5, 0.6) is 0 Å². The van der Waals surface area contributed by atoms with Gasteiger partial charge in [0.05, 0.1) is 0 Å². The van der Waals surface area contributed by atoms with Gasteiger partial charge in [-0.15, -0.1) is 12.6 Å². The summed E-state index contributed by atoms with van der Waals surface area (Å²) in [6, 6.07) is 0. The first-order valence-electron chi connectivity index (χ1n) is 7.10. The molecule has 1 saturated heterocycles. The zero-order valence-electron chi connectivity index (χ0n) is 13.7. The Hall–Kier alpha value is -1.81. The molecule has 136 valence electrons. The third kappa shape index (κ3) is 6.00. The van der Waals surface area contributed by atoms with Crippen molar-refractivity contribution < 1.29 is 42.9 Å². The Morgan fingerprint density at radius 2 is 1.25 bits per heavy atom. The standard InChI is InChI=1S/C14H20O9S/c1-6(15)19-5-10-11(20-7(2)16)12(21-8(3)17)13(14(24)23-10)22-9(4)18/h10-14,24H,5H2,1-4H3/t10?,11-,12-,13?,14+/m1/s1. The first-order chi connectivity index (χ1) is 11.1. The molecule has 0 aromatic carbocycles. The molecular weight excluding hydrogens is 344 g/mol. The van der Waals surface area contributed by atoms with E-state index in [1.165, 1.54) is 6.92 Å². The molecule has 1 rings (SSSR count). The molecule has 0 amide bonds. The van der Waals surface area contributed by atoms with Crippen LogP contribution < -0.4 is 0 Å². The summed E-state index contributed by atoms with van der Waals surface area (Å²) in [5, 5.41) is 0. The molecule has 0 aliphatic carbocycles. The molecule has 0 spiro atoms. The van der Waals surface area contributed by atoms with E-state index < -0.39 is 53.7 Å². The van der Waals surface area contributed by atoms with E-state index in [9.17, 15) is 19.2 Å². The van der Waals surface area contributed by atoms with Crippen LogP contribution in [0.3, 0.4) is 0 Å². The lowest BCUT2D eigenvalue weighted by Crippen LogP contribution is -2.61. The van der Waals surface area contributed by atoms with Crippen molar-refractivity contribution in [3.05, 3.63) is 0 Å². The fourth-order valence-corrected chi connectivity index (χ4v) is 2.59. The SMILES string of the molecule is CC(=O)OCC1O[C@@H](S)C(OC(C)=O)[C@H](OC(C)=O)[C@@H]1OC(C)=O. The molecule has 24 heavy (non-hydrogen) atoms. The summed E-state index contributed by atoms with van der Waals surface area (Å²) in [6.45, 7) is 4.42. The molecular formula is C14H20O9S. The van der Waals surface area contributed by atoms with Crippen molar-refractivity contribution in [2.75, 3.05) is 6.61 Å². The maximum atomic E-state index is 11.4. The number of rotatable bonds is 5. The average Bonchev–Trinajstić information content (AvgIpc) is 2.42. The van der Waals surface area contributed by atoms with Gasteiger partial charge in [0.2, 0.25) is 0 Å². The smallest absolute Gasteiger partial charge is 0.303 e. The Labute approximate surface area is 144 Å². The van der Waals surface area contributed by atoms with Crippen LogP contribution in [0.25, 0.3) is 0 Å². The molecule has 0 radical (unpaired) electrons. The van der Waals surface area contributed by atoms with Gasteiger partial charge in [0.15, 0.2) is 18.3 Å². The second-order valence-electron chi connectivity index (χ2n) is 5.09. The Balaban J connectivity index is 3.11. The van der Waals surface area contributed by atoms with Gasteiger partial charge in [-0.1, -0.05) is 0 Å². The van der Waals surface area contributed by atoms with Crippen molar-refractivity contribution in [3.63, 3.8) is 0 Å². The number of carbonyl (C=O) groups excluding carboxylic acids is 4. The lowest BCUT2D eigenvalue weighted by atomic mass is 9.99. The predicted molar refractivity (Wildman–Crippen MR) is 80.9 cm³/mol. The van der Waals surface area contributed by atoms with Crippen LogP contribution in [0.4, 0.5) is 0 Å². The molecule has 1 heterocycles. The number of thiol groups is 1. The van der Waals surface area contributed by atoms with Gasteiger partial charge in [-0.3, -0.25) is 19.2 Å². The van der Waals surface area contributed by atoms with Crippen LogP contribution in [0.2, 0.25) is 0 Å². The van der Waals surface area contributed by atoms with Crippen LogP contribution in [0, 0.1) is 0 Å². The molecule has 9 nitrogen and oxygen atoms in total. The van der Waals surface area contributed by atoms with Crippen molar-refractivity contribution >= 4 is 36.5 Å². The third-order valence-electron chi connectivity index (χ3n) is 2.97. The highest BCUT2D eigenvalue weighted by Crippen LogP contribution is 2.30. The lowest BCUT2D eigenvalue weighted by molar-refractivity contribution is -0.237. The fraction of sp³-hybridized carbons (Fsp3) is 0.714. The van der Waals surface area contributed by atoms with Gasteiger partial charge in [0.25, 0.3) is 0 Å². The van der Waals surface area contributed by atoms with Crippen molar-refractivity contribution in [2.24, 2.45) is 0 Å². The Morgan fingerprint density at radius 1 is 0.792 bits per heavy atom. The van der Waals surface area contributed by atoms with Gasteiger partial charge in [0.1, 0.15) is 18.1 Å². The molecule has 1 aliphatic rings. The van der Waals surface area contributed by atoms with E-state index in [1.54, 1.807) is 0 Å². The number of carbonyl (C=O) groups is 4. The topological polar surface area (TPSA) is 114 Å². The van der Waals surface area contributed by atoms with Gasteiger partial charge in [-0.05, 0) is 0 Å². The number of ether oxygens (including phenoxy) is 5. The zero-order chi connectivity index (χ0) is 18.4. The minimum absolute atomic E-state index is 0.255. The highest BCUT2D eigenvalue weighted by molar-refractivity contribution is 7.80. The van der Waals surface area contributed by atoms with Crippen LogP contribution in [0.1, 0.15) is 27.7 Å². The number of hydrogen-bond donors (Lipinski definition) is 1. The second-order valence-corrected chi connectivity index (χ2v) is 5.60. The quantitative estimate of drug-likeness (QED) is 0.409. The largest absolute Gasteiger partial charge is 0.463 e. The minimum atomic E-state index is -1.16. The van der Waals surface area contributed by atoms with Gasteiger partial charge in [0, 0.05) is 27.7 Å². The molecule has 5 atom stereocenters. The summed E-state index contributed by atoms with van der Waals surface area (Å²) in [6.07, 6.45) is -4.35. The maximum absolute atomic E-state index is 11.4. The summed E-state index contributed by atoms with van der Waals surface area (Å²) >= 11 is 4.18. The van der Waals surface area contributed by atoms with Gasteiger partial charge >= 0.3 is 23.9 Å². The summed E-state index contributed by atoms with van der Waals surface area (Å²) in [4.78, 5) is 45.1. The van der Waals surface area contributed by atoms with E-state index in [0.29, 0.717) is 0 Å². The molecule has 0 saturated carbocycles. The number of esters is 4. The molecule has 0 aromatic rings. The summed E-state index contributed by atoms with van der Waals surface area (Å²) in [5.74, 6) is -2.57. The fourth-order valence-electron chi connectivity index (χ4n) is 2.21. The summed E-state index contributed by atoms with van der Waals surface area (Å²) in [5.41, 5.74) is -0.981. The summed E-state index contributed by atoms with van der Waals surface area (Å²) in [7, 11) is 0. The highest BCUT2D eigenvalue weighted by Gasteiger charge is 2.51. The molecule has 1 fully saturated rings. The van der Waals surface area contributed by atoms with E-state index in [2.05, 4.69) is 12.6 Å². The van der Waals surface area contributed by atoms with E-state index in [4.69, 9.17) is 23.7 Å². The van der Waals surface area contributed by atoms with E-state index >= 15 is 0 Å². The second kappa shape index (κ2) is 8.88. The molecule has 1 aliphatic heterocycles. The molecule has 2 unspecified atom stereocenters. The van der Waals surface area contributed by atoms with Crippen molar-refractivity contribution in [1.29, 1.82) is 0 Å². The van der Waals surface area contributed by atoms with Gasteiger partial charge in [-0.2, -0.15) is 0 Å². The Kier molecular flexibility index (Phi) is 7.49. The van der Waals surface area contributed by atoms with Crippen LogP contribution in [-0.2, 0) is 42.9 Å². The number of hydrogen-bond acceptors (Lipinski definition) is 10. The maximum Gasteiger partial charge on any atom is 0.303 e. The van der Waals surface area contributed by atoms with Crippen LogP contribution >= 0.6 is 12.6 Å². The average molecular weight is 364 g/mol. The van der Waals surface area contributed by atoms with E-state index in [1.807, 2.05) is 0 Å². The molecule has 0 aromatic heterocycles. The minimum Gasteiger partial charge on any atom is -0.463 e. The van der Waals surface area contributed by atoms with E-state index in [-0.39, 0.29) is 6.61 Å². The zero-order valence-corrected chi connectivity index (χ0v) is 14.6. The molecule has 10 heteroatoms. The van der Waals surface area contributed by atoms with Crippen LogP contribution in [0.15, 0.2) is 0 Å². The van der Waals surface area contributed by atoms with Gasteiger partial charge in [-0.25, -0.2) is 0 Å². The predicted octanol–water partition coefficient (Wildman–Crippen LogP) is -0.000700. The van der Waals surface area contributed by atoms with Crippen LogP contribution in [-0.4, -0.2) is 60.3 Å². The molecule has 0 bridgehead atoms. The van der Waals surface area contributed by atoms with Gasteiger partial charge < -0.3 is 23.7 Å². The monoisotopic (exact) mass is 364 g/mol. The molecule has 0 N–H and O–H groups in total. The highest BCUT2D eigenvalue weighted by atomic mass is 32.1. The third-order valence-corrected chi connectivity index (χ3v) is 3.38. The van der Waals surface area contributed by atoms with Crippen molar-refractivity contribution in [2.45, 2.75) is 57.5 Å². The first kappa shape index (κ1) is 20.2. The van der Waals surface area contributed by atoms with Crippen molar-refractivity contribution in [3.8, 4) is 0 Å². The Bertz CT molecular complexity index is 506. The lowest BCUT2D eigenvalue weighted by Gasteiger charge is -2.42.